The Morgan fingerprint density at radius 3 is 2.65 bits per heavy atom. The monoisotopic (exact) mass is 329 g/mol. The first-order valence-electron chi connectivity index (χ1n) is 6.30. The Morgan fingerprint density at radius 2 is 1.95 bits per heavy atom. The minimum atomic E-state index is 0.691. The van der Waals surface area contributed by atoms with Crippen molar-refractivity contribution in [3.8, 4) is 6.07 Å². The van der Waals surface area contributed by atoms with Gasteiger partial charge >= 0.3 is 0 Å². The van der Waals surface area contributed by atoms with Crippen LogP contribution in [0.1, 0.15) is 16.7 Å². The molecule has 0 aliphatic heterocycles. The highest BCUT2D eigenvalue weighted by Gasteiger charge is 2.08. The Kier molecular flexibility index (Phi) is 4.78. The van der Waals surface area contributed by atoms with Crippen LogP contribution in [0.3, 0.4) is 0 Å². The number of halogens is 1. The van der Waals surface area contributed by atoms with E-state index in [1.807, 2.05) is 49.5 Å². The smallest absolute Gasteiger partial charge is 0.0991 e. The van der Waals surface area contributed by atoms with E-state index in [4.69, 9.17) is 11.0 Å². The fourth-order valence-corrected chi connectivity index (χ4v) is 2.63. The average molecular weight is 330 g/mol. The van der Waals surface area contributed by atoms with E-state index in [-0.39, 0.29) is 0 Å². The van der Waals surface area contributed by atoms with Crippen molar-refractivity contribution in [1.82, 2.24) is 4.90 Å². The predicted octanol–water partition coefficient (Wildman–Crippen LogP) is 3.53. The van der Waals surface area contributed by atoms with Gasteiger partial charge in [0.05, 0.1) is 11.6 Å². The molecule has 0 spiro atoms. The standard InChI is InChI=1S/C16H16BrN3/c1-20(10-13-5-2-4-12(8-13)9-18)11-14-15(17)6-3-7-16(14)19/h2-8H,10-11,19H2,1H3. The number of rotatable bonds is 4. The van der Waals surface area contributed by atoms with Gasteiger partial charge in [-0.1, -0.05) is 34.1 Å². The van der Waals surface area contributed by atoms with E-state index >= 15 is 0 Å². The van der Waals surface area contributed by atoms with E-state index in [0.29, 0.717) is 5.56 Å². The molecule has 0 amide bonds. The van der Waals surface area contributed by atoms with Crippen LogP contribution in [0.4, 0.5) is 5.69 Å². The molecule has 0 saturated carbocycles. The van der Waals surface area contributed by atoms with Gasteiger partial charge in [0.15, 0.2) is 0 Å². The number of nitrogens with zero attached hydrogens (tertiary/aromatic N) is 2. The molecule has 0 aliphatic rings. The lowest BCUT2D eigenvalue weighted by atomic mass is 10.1. The number of anilines is 1. The molecule has 3 nitrogen and oxygen atoms in total. The minimum Gasteiger partial charge on any atom is -0.398 e. The highest BCUT2D eigenvalue weighted by atomic mass is 79.9. The van der Waals surface area contributed by atoms with Gasteiger partial charge in [-0.05, 0) is 36.9 Å². The fourth-order valence-electron chi connectivity index (χ4n) is 2.12. The molecule has 2 aromatic carbocycles. The summed E-state index contributed by atoms with van der Waals surface area (Å²) in [4.78, 5) is 2.17. The maximum absolute atomic E-state index is 8.92. The Balaban J connectivity index is 2.09. The molecular formula is C16H16BrN3. The largest absolute Gasteiger partial charge is 0.398 e. The summed E-state index contributed by atoms with van der Waals surface area (Å²) in [6.07, 6.45) is 0. The van der Waals surface area contributed by atoms with Gasteiger partial charge in [-0.3, -0.25) is 4.90 Å². The molecule has 4 heteroatoms. The molecule has 2 N–H and O–H groups in total. The first kappa shape index (κ1) is 14.6. The Labute approximate surface area is 127 Å². The number of nitrogen functional groups attached to an aromatic ring is 1. The zero-order chi connectivity index (χ0) is 14.5. The van der Waals surface area contributed by atoms with Crippen LogP contribution in [0.25, 0.3) is 0 Å². The van der Waals surface area contributed by atoms with Crippen molar-refractivity contribution < 1.29 is 0 Å². The van der Waals surface area contributed by atoms with Crippen LogP contribution in [0.2, 0.25) is 0 Å². The maximum Gasteiger partial charge on any atom is 0.0991 e. The van der Waals surface area contributed by atoms with Crippen molar-refractivity contribution in [2.75, 3.05) is 12.8 Å². The molecule has 0 saturated heterocycles. The zero-order valence-electron chi connectivity index (χ0n) is 11.3. The van der Waals surface area contributed by atoms with Gasteiger partial charge in [0.25, 0.3) is 0 Å². The molecule has 2 rings (SSSR count). The van der Waals surface area contributed by atoms with E-state index in [9.17, 15) is 0 Å². The van der Waals surface area contributed by atoms with Gasteiger partial charge in [0.2, 0.25) is 0 Å². The Morgan fingerprint density at radius 1 is 1.20 bits per heavy atom. The number of nitriles is 1. The third-order valence-electron chi connectivity index (χ3n) is 3.09. The van der Waals surface area contributed by atoms with Crippen LogP contribution in [-0.4, -0.2) is 11.9 Å². The van der Waals surface area contributed by atoms with Crippen LogP contribution < -0.4 is 5.73 Å². The second-order valence-electron chi connectivity index (χ2n) is 4.79. The first-order chi connectivity index (χ1) is 9.60. The van der Waals surface area contributed by atoms with Crippen LogP contribution in [0.15, 0.2) is 46.9 Å². The molecule has 0 aromatic heterocycles. The van der Waals surface area contributed by atoms with Crippen molar-refractivity contribution in [3.05, 3.63) is 63.6 Å². The molecule has 0 aliphatic carbocycles. The summed E-state index contributed by atoms with van der Waals surface area (Å²) in [6, 6.07) is 15.7. The van der Waals surface area contributed by atoms with Gasteiger partial charge in [0.1, 0.15) is 0 Å². The van der Waals surface area contributed by atoms with E-state index < -0.39 is 0 Å². The van der Waals surface area contributed by atoms with E-state index in [1.165, 1.54) is 0 Å². The number of hydrogen-bond acceptors (Lipinski definition) is 3. The van der Waals surface area contributed by atoms with Crippen LogP contribution >= 0.6 is 15.9 Å². The summed E-state index contributed by atoms with van der Waals surface area (Å²) in [6.45, 7) is 1.53. The normalized spacial score (nSPS) is 10.5. The predicted molar refractivity (Wildman–Crippen MR) is 84.9 cm³/mol. The molecule has 0 fully saturated rings. The molecule has 0 atom stereocenters. The van der Waals surface area contributed by atoms with E-state index in [0.717, 1.165) is 34.4 Å². The molecule has 0 bridgehead atoms. The van der Waals surface area contributed by atoms with E-state index in [1.54, 1.807) is 0 Å². The lowest BCUT2D eigenvalue weighted by Crippen LogP contribution is -2.18. The maximum atomic E-state index is 8.92. The van der Waals surface area contributed by atoms with Gasteiger partial charge in [0, 0.05) is 28.8 Å². The van der Waals surface area contributed by atoms with E-state index in [2.05, 4.69) is 26.9 Å². The highest BCUT2D eigenvalue weighted by Crippen LogP contribution is 2.24. The molecule has 20 heavy (non-hydrogen) atoms. The van der Waals surface area contributed by atoms with Crippen molar-refractivity contribution >= 4 is 21.6 Å². The Bertz CT molecular complexity index is 626. The Hall–Kier alpha value is -1.83. The highest BCUT2D eigenvalue weighted by molar-refractivity contribution is 9.10. The fraction of sp³-hybridized carbons (Fsp3) is 0.188. The third kappa shape index (κ3) is 3.60. The summed E-state index contributed by atoms with van der Waals surface area (Å²) in [7, 11) is 2.04. The zero-order valence-corrected chi connectivity index (χ0v) is 12.9. The number of hydrogen-bond donors (Lipinski definition) is 1. The van der Waals surface area contributed by atoms with Crippen LogP contribution in [0.5, 0.6) is 0 Å². The van der Waals surface area contributed by atoms with Crippen LogP contribution in [0, 0.1) is 11.3 Å². The molecule has 2 aromatic rings. The summed E-state index contributed by atoms with van der Waals surface area (Å²) < 4.78 is 1.02. The molecular weight excluding hydrogens is 314 g/mol. The first-order valence-corrected chi connectivity index (χ1v) is 7.10. The van der Waals surface area contributed by atoms with Gasteiger partial charge in [-0.2, -0.15) is 5.26 Å². The molecule has 0 unspecified atom stereocenters. The summed E-state index contributed by atoms with van der Waals surface area (Å²) in [5.74, 6) is 0. The van der Waals surface area contributed by atoms with Crippen molar-refractivity contribution in [2.24, 2.45) is 0 Å². The lowest BCUT2D eigenvalue weighted by molar-refractivity contribution is 0.319. The van der Waals surface area contributed by atoms with Crippen molar-refractivity contribution in [2.45, 2.75) is 13.1 Å². The molecule has 102 valence electrons. The second kappa shape index (κ2) is 6.56. The SMILES string of the molecule is CN(Cc1cccc(C#N)c1)Cc1c(N)cccc1Br. The number of benzene rings is 2. The van der Waals surface area contributed by atoms with Crippen molar-refractivity contribution in [1.29, 1.82) is 5.26 Å². The lowest BCUT2D eigenvalue weighted by Gasteiger charge is -2.19. The van der Waals surface area contributed by atoms with Gasteiger partial charge in [-0.15, -0.1) is 0 Å². The van der Waals surface area contributed by atoms with Crippen LogP contribution in [-0.2, 0) is 13.1 Å². The van der Waals surface area contributed by atoms with Crippen molar-refractivity contribution in [3.63, 3.8) is 0 Å². The molecule has 0 radical (unpaired) electrons. The summed E-state index contributed by atoms with van der Waals surface area (Å²) >= 11 is 3.53. The third-order valence-corrected chi connectivity index (χ3v) is 3.83. The summed E-state index contributed by atoms with van der Waals surface area (Å²) in [5, 5.41) is 8.92. The number of nitrogens with two attached hydrogens (primary N) is 1. The molecule has 0 heterocycles. The topological polar surface area (TPSA) is 53.0 Å². The minimum absolute atomic E-state index is 0.691. The quantitative estimate of drug-likeness (QED) is 0.873. The average Bonchev–Trinajstić information content (AvgIpc) is 2.43. The van der Waals surface area contributed by atoms with Gasteiger partial charge in [-0.25, -0.2) is 0 Å². The second-order valence-corrected chi connectivity index (χ2v) is 5.65. The summed E-state index contributed by atoms with van der Waals surface area (Å²) in [5.41, 5.74) is 9.70. The van der Waals surface area contributed by atoms with Gasteiger partial charge < -0.3 is 5.73 Å².